The van der Waals surface area contributed by atoms with Crippen LogP contribution in [-0.2, 0) is 14.0 Å². The fraction of sp³-hybridized carbons (Fsp3) is 0.682. The van der Waals surface area contributed by atoms with E-state index in [0.29, 0.717) is 17.6 Å². The smallest absolute Gasteiger partial charge is 0.444 e. The molecule has 5 nitrogen and oxygen atoms in total. The van der Waals surface area contributed by atoms with Crippen LogP contribution in [0.1, 0.15) is 73.8 Å². The zero-order valence-electron chi connectivity index (χ0n) is 19.2. The second kappa shape index (κ2) is 8.27. The molecule has 29 heavy (non-hydrogen) atoms. The van der Waals surface area contributed by atoms with Crippen molar-refractivity contribution >= 4 is 18.7 Å². The van der Waals surface area contributed by atoms with Crippen molar-refractivity contribution in [3.8, 4) is 0 Å². The minimum atomic E-state index is -0.610. The number of ether oxygens (including phenoxy) is 1. The molecule has 0 aromatic heterocycles. The molecule has 1 N–H and O–H groups in total. The van der Waals surface area contributed by atoms with Gasteiger partial charge in [0.2, 0.25) is 0 Å². The molecule has 0 radical (unpaired) electrons. The zero-order valence-corrected chi connectivity index (χ0v) is 19.2. The Kier molecular flexibility index (Phi) is 6.75. The number of hydrogen-bond donors (Lipinski definition) is 1. The molecular weight excluding hydrogens is 372 g/mol. The Morgan fingerprint density at radius 1 is 1.17 bits per heavy atom. The highest BCUT2D eigenvalue weighted by atomic mass is 19.1. The third-order valence-corrected chi connectivity index (χ3v) is 5.62. The Bertz CT molecular complexity index is 727. The van der Waals surface area contributed by atoms with Gasteiger partial charge in [-0.3, -0.25) is 0 Å². The van der Waals surface area contributed by atoms with Gasteiger partial charge in [-0.25, -0.2) is 9.18 Å². The second-order valence-corrected chi connectivity index (χ2v) is 10.1. The zero-order chi connectivity index (χ0) is 22.2. The van der Waals surface area contributed by atoms with Crippen LogP contribution in [0.2, 0.25) is 0 Å². The number of amides is 1. The fourth-order valence-corrected chi connectivity index (χ4v) is 3.18. The molecular formula is C22H35BFNO4. The van der Waals surface area contributed by atoms with Gasteiger partial charge < -0.3 is 19.4 Å². The summed E-state index contributed by atoms with van der Waals surface area (Å²) in [6, 6.07) is 5.07. The van der Waals surface area contributed by atoms with E-state index in [2.05, 4.69) is 5.32 Å². The van der Waals surface area contributed by atoms with Gasteiger partial charge in [0.05, 0.1) is 11.2 Å². The van der Waals surface area contributed by atoms with Crippen LogP contribution < -0.4 is 10.8 Å². The van der Waals surface area contributed by atoms with Crippen molar-refractivity contribution in [2.75, 3.05) is 6.54 Å². The SMILES string of the molecule is CC(C)C(CNC(=O)OC(C)(C)C)c1ccc(B2OC(C)(C)C(C)(C)O2)cc1F. The van der Waals surface area contributed by atoms with Crippen molar-refractivity contribution in [2.45, 2.75) is 85.0 Å². The summed E-state index contributed by atoms with van der Waals surface area (Å²) < 4.78 is 32.4. The molecule has 2 rings (SSSR count). The summed E-state index contributed by atoms with van der Waals surface area (Å²) in [6.45, 7) is 17.6. The number of carbonyl (C=O) groups excluding carboxylic acids is 1. The minimum Gasteiger partial charge on any atom is -0.444 e. The van der Waals surface area contributed by atoms with Gasteiger partial charge in [-0.15, -0.1) is 0 Å². The standard InChI is InChI=1S/C22H35BFNO4/c1-14(2)17(13-25-19(26)27-20(3,4)5)16-11-10-15(12-18(16)24)23-28-21(6,7)22(8,9)29-23/h10-12,14,17H,13H2,1-9H3,(H,25,26). The van der Waals surface area contributed by atoms with Crippen LogP contribution in [-0.4, -0.2) is 36.6 Å². The Morgan fingerprint density at radius 2 is 1.72 bits per heavy atom. The van der Waals surface area contributed by atoms with Gasteiger partial charge in [0, 0.05) is 12.5 Å². The first kappa shape index (κ1) is 23.7. The molecule has 162 valence electrons. The number of nitrogens with one attached hydrogen (secondary N) is 1. The first-order valence-corrected chi connectivity index (χ1v) is 10.2. The number of rotatable bonds is 5. The number of halogens is 1. The molecule has 1 fully saturated rings. The maximum absolute atomic E-state index is 15.0. The van der Waals surface area contributed by atoms with E-state index in [1.54, 1.807) is 26.8 Å². The van der Waals surface area contributed by atoms with E-state index in [4.69, 9.17) is 14.0 Å². The molecule has 1 aliphatic rings. The second-order valence-electron chi connectivity index (χ2n) is 10.1. The van der Waals surface area contributed by atoms with E-state index in [0.717, 1.165) is 0 Å². The van der Waals surface area contributed by atoms with Crippen LogP contribution in [0.3, 0.4) is 0 Å². The molecule has 1 aromatic carbocycles. The third kappa shape index (κ3) is 5.73. The van der Waals surface area contributed by atoms with E-state index in [9.17, 15) is 4.79 Å². The molecule has 7 heteroatoms. The van der Waals surface area contributed by atoms with Gasteiger partial charge in [-0.1, -0.05) is 26.0 Å². The summed E-state index contributed by atoms with van der Waals surface area (Å²) in [5.74, 6) is -0.390. The lowest BCUT2D eigenvalue weighted by Crippen LogP contribution is -2.41. The normalized spacial score (nSPS) is 19.3. The molecule has 1 amide bonds. The van der Waals surface area contributed by atoms with Crippen LogP contribution in [0, 0.1) is 11.7 Å². The lowest BCUT2D eigenvalue weighted by Gasteiger charge is -2.32. The number of carbonyl (C=O) groups is 1. The molecule has 1 aromatic rings. The van der Waals surface area contributed by atoms with Crippen LogP contribution in [0.5, 0.6) is 0 Å². The topological polar surface area (TPSA) is 56.8 Å². The van der Waals surface area contributed by atoms with Crippen molar-refractivity contribution < 1.29 is 23.2 Å². The first-order chi connectivity index (χ1) is 13.1. The minimum absolute atomic E-state index is 0.127. The summed E-state index contributed by atoms with van der Waals surface area (Å²) in [4.78, 5) is 12.0. The van der Waals surface area contributed by atoms with Crippen molar-refractivity contribution in [2.24, 2.45) is 5.92 Å². The van der Waals surface area contributed by atoms with Crippen molar-refractivity contribution in [3.63, 3.8) is 0 Å². The molecule has 1 atom stereocenters. The number of hydrogen-bond acceptors (Lipinski definition) is 4. The van der Waals surface area contributed by atoms with Crippen LogP contribution in [0.4, 0.5) is 9.18 Å². The maximum atomic E-state index is 15.0. The van der Waals surface area contributed by atoms with Crippen molar-refractivity contribution in [1.82, 2.24) is 5.32 Å². The Hall–Kier alpha value is -1.60. The molecule has 1 unspecified atom stereocenters. The molecule has 0 spiro atoms. The highest BCUT2D eigenvalue weighted by molar-refractivity contribution is 6.62. The largest absolute Gasteiger partial charge is 0.494 e. The lowest BCUT2D eigenvalue weighted by molar-refractivity contribution is 0.00578. The summed E-state index contributed by atoms with van der Waals surface area (Å²) in [5, 5.41) is 2.76. The van der Waals surface area contributed by atoms with Crippen LogP contribution in [0.15, 0.2) is 18.2 Å². The average Bonchev–Trinajstić information content (AvgIpc) is 2.74. The van der Waals surface area contributed by atoms with E-state index < -0.39 is 30.0 Å². The van der Waals surface area contributed by atoms with Gasteiger partial charge in [0.15, 0.2) is 0 Å². The quantitative estimate of drug-likeness (QED) is 0.736. The van der Waals surface area contributed by atoms with E-state index in [-0.39, 0.29) is 17.7 Å². The van der Waals surface area contributed by atoms with Gasteiger partial charge in [-0.05, 0) is 71.5 Å². The molecule has 0 aliphatic carbocycles. The maximum Gasteiger partial charge on any atom is 0.494 e. The Labute approximate surface area is 174 Å². The summed E-state index contributed by atoms with van der Waals surface area (Å²) in [7, 11) is -0.610. The van der Waals surface area contributed by atoms with Gasteiger partial charge in [0.1, 0.15) is 11.4 Å². The van der Waals surface area contributed by atoms with Gasteiger partial charge in [0.25, 0.3) is 0 Å². The average molecular weight is 407 g/mol. The van der Waals surface area contributed by atoms with E-state index >= 15 is 4.39 Å². The predicted octanol–water partition coefficient (Wildman–Crippen LogP) is 4.39. The molecule has 1 aliphatic heterocycles. The van der Waals surface area contributed by atoms with E-state index in [1.165, 1.54) is 6.07 Å². The highest BCUT2D eigenvalue weighted by Gasteiger charge is 2.51. The molecule has 1 heterocycles. The van der Waals surface area contributed by atoms with Crippen molar-refractivity contribution in [3.05, 3.63) is 29.6 Å². The number of alkyl carbamates (subject to hydrolysis) is 1. The van der Waals surface area contributed by atoms with Crippen LogP contribution >= 0.6 is 0 Å². The summed E-state index contributed by atoms with van der Waals surface area (Å²) >= 11 is 0. The highest BCUT2D eigenvalue weighted by Crippen LogP contribution is 2.36. The Morgan fingerprint density at radius 3 is 2.17 bits per heavy atom. The van der Waals surface area contributed by atoms with E-state index in [1.807, 2.05) is 47.6 Å². The van der Waals surface area contributed by atoms with Gasteiger partial charge >= 0.3 is 13.2 Å². The summed E-state index contributed by atoms with van der Waals surface area (Å²) in [6.07, 6.45) is -0.502. The molecule has 0 bridgehead atoms. The third-order valence-electron chi connectivity index (χ3n) is 5.62. The summed E-state index contributed by atoms with van der Waals surface area (Å²) in [5.41, 5.74) is -0.341. The van der Waals surface area contributed by atoms with Crippen LogP contribution in [0.25, 0.3) is 0 Å². The molecule has 0 saturated carbocycles. The van der Waals surface area contributed by atoms with Gasteiger partial charge in [-0.2, -0.15) is 0 Å². The molecule has 1 saturated heterocycles. The van der Waals surface area contributed by atoms with Crippen molar-refractivity contribution in [1.29, 1.82) is 0 Å². The predicted molar refractivity (Wildman–Crippen MR) is 114 cm³/mol. The first-order valence-electron chi connectivity index (χ1n) is 10.2. The Balaban J connectivity index is 2.15. The lowest BCUT2D eigenvalue weighted by atomic mass is 9.77. The number of benzene rings is 1. The fourth-order valence-electron chi connectivity index (χ4n) is 3.18. The monoisotopic (exact) mass is 407 g/mol.